The van der Waals surface area contributed by atoms with E-state index in [1.54, 1.807) is 6.20 Å². The molecule has 0 aliphatic rings. The molecule has 0 aliphatic carbocycles. The Bertz CT molecular complexity index is 786. The van der Waals surface area contributed by atoms with E-state index >= 15 is 0 Å². The molecule has 0 amide bonds. The molecule has 2 aromatic carbocycles. The summed E-state index contributed by atoms with van der Waals surface area (Å²) >= 11 is 3.50. The fourth-order valence-corrected chi connectivity index (χ4v) is 2.40. The van der Waals surface area contributed by atoms with E-state index in [9.17, 15) is 0 Å². The topological polar surface area (TPSA) is 63.8 Å². The fraction of sp³-hybridized carbons (Fsp3) is 0.0667. The Balaban J connectivity index is 1.98. The highest BCUT2D eigenvalue weighted by atomic mass is 79.9. The number of hydrogen-bond donors (Lipinski definition) is 2. The van der Waals surface area contributed by atoms with Crippen LogP contribution < -0.4 is 11.1 Å². The van der Waals surface area contributed by atoms with Crippen molar-refractivity contribution in [3.05, 3.63) is 52.6 Å². The predicted octanol–water partition coefficient (Wildman–Crippen LogP) is 4.03. The molecule has 5 heteroatoms. The number of nitrogens with zero attached hydrogens (tertiary/aromatic N) is 2. The number of para-hydroxylation sites is 1. The van der Waals surface area contributed by atoms with Crippen molar-refractivity contribution in [2.24, 2.45) is 0 Å². The summed E-state index contributed by atoms with van der Waals surface area (Å²) in [6.07, 6.45) is 1.80. The molecule has 0 bridgehead atoms. The molecule has 0 fully saturated rings. The maximum absolute atomic E-state index is 5.90. The zero-order chi connectivity index (χ0) is 14.1. The van der Waals surface area contributed by atoms with Crippen LogP contribution in [0.5, 0.6) is 0 Å². The van der Waals surface area contributed by atoms with E-state index in [0.29, 0.717) is 5.95 Å². The van der Waals surface area contributed by atoms with Gasteiger partial charge in [0, 0.05) is 27.4 Å². The smallest absolute Gasteiger partial charge is 0.227 e. The lowest BCUT2D eigenvalue weighted by atomic mass is 10.2. The van der Waals surface area contributed by atoms with Crippen molar-refractivity contribution in [1.29, 1.82) is 0 Å². The van der Waals surface area contributed by atoms with Crippen LogP contribution in [0, 0.1) is 6.92 Å². The van der Waals surface area contributed by atoms with Gasteiger partial charge < -0.3 is 11.1 Å². The summed E-state index contributed by atoms with van der Waals surface area (Å²) in [4.78, 5) is 8.82. The summed E-state index contributed by atoms with van der Waals surface area (Å²) in [7, 11) is 0. The number of hydrogen-bond acceptors (Lipinski definition) is 4. The van der Waals surface area contributed by atoms with Gasteiger partial charge in [-0.25, -0.2) is 9.97 Å². The molecule has 0 aliphatic heterocycles. The molecule has 20 heavy (non-hydrogen) atoms. The van der Waals surface area contributed by atoms with Crippen LogP contribution in [0.25, 0.3) is 10.9 Å². The van der Waals surface area contributed by atoms with Crippen LogP contribution in [0.15, 0.2) is 47.1 Å². The van der Waals surface area contributed by atoms with E-state index in [-0.39, 0.29) is 0 Å². The van der Waals surface area contributed by atoms with Gasteiger partial charge in [0.15, 0.2) is 0 Å². The van der Waals surface area contributed by atoms with Crippen molar-refractivity contribution in [1.82, 2.24) is 9.97 Å². The van der Waals surface area contributed by atoms with E-state index < -0.39 is 0 Å². The molecule has 0 unspecified atom stereocenters. The molecule has 0 saturated carbocycles. The van der Waals surface area contributed by atoms with Gasteiger partial charge >= 0.3 is 0 Å². The molecule has 3 rings (SSSR count). The zero-order valence-electron chi connectivity index (χ0n) is 10.9. The van der Waals surface area contributed by atoms with Crippen LogP contribution in [-0.2, 0) is 0 Å². The number of rotatable bonds is 2. The summed E-state index contributed by atoms with van der Waals surface area (Å²) in [5.41, 5.74) is 9.46. The van der Waals surface area contributed by atoms with Crippen LogP contribution in [0.3, 0.4) is 0 Å². The lowest BCUT2D eigenvalue weighted by Gasteiger charge is -2.08. The predicted molar refractivity (Wildman–Crippen MR) is 86.1 cm³/mol. The van der Waals surface area contributed by atoms with Crippen LogP contribution in [-0.4, -0.2) is 9.97 Å². The monoisotopic (exact) mass is 328 g/mol. The zero-order valence-corrected chi connectivity index (χ0v) is 12.5. The molecule has 0 spiro atoms. The Morgan fingerprint density at radius 2 is 2.05 bits per heavy atom. The highest BCUT2D eigenvalue weighted by molar-refractivity contribution is 9.10. The standard InChI is InChI=1S/C15H13BrN4/c1-9-5-6-11(7-13(9)17)19-15-18-8-10-3-2-4-12(16)14(10)20-15/h2-8H,17H2,1H3,(H,18,19,20). The number of aromatic nitrogens is 2. The number of anilines is 3. The van der Waals surface area contributed by atoms with Crippen molar-refractivity contribution < 1.29 is 0 Å². The number of nitrogens with two attached hydrogens (primary N) is 1. The van der Waals surface area contributed by atoms with Gasteiger partial charge in [0.2, 0.25) is 5.95 Å². The number of aryl methyl sites for hydroxylation is 1. The number of benzene rings is 2. The summed E-state index contributed by atoms with van der Waals surface area (Å²) in [6.45, 7) is 1.97. The van der Waals surface area contributed by atoms with Crippen LogP contribution >= 0.6 is 15.9 Å². The summed E-state index contributed by atoms with van der Waals surface area (Å²) < 4.78 is 0.948. The molecule has 1 heterocycles. The molecule has 0 radical (unpaired) electrons. The highest BCUT2D eigenvalue weighted by Gasteiger charge is 2.04. The Labute approximate surface area is 125 Å². The van der Waals surface area contributed by atoms with Crippen molar-refractivity contribution in [2.45, 2.75) is 6.92 Å². The van der Waals surface area contributed by atoms with E-state index in [1.807, 2.05) is 43.3 Å². The van der Waals surface area contributed by atoms with Gasteiger partial charge in [0.25, 0.3) is 0 Å². The van der Waals surface area contributed by atoms with Crippen LogP contribution in [0.4, 0.5) is 17.3 Å². The highest BCUT2D eigenvalue weighted by Crippen LogP contribution is 2.24. The Kier molecular flexibility index (Phi) is 3.28. The van der Waals surface area contributed by atoms with E-state index in [2.05, 4.69) is 31.2 Å². The second-order valence-corrected chi connectivity index (χ2v) is 5.42. The Hall–Kier alpha value is -2.14. The first kappa shape index (κ1) is 12.9. The molecule has 0 atom stereocenters. The van der Waals surface area contributed by atoms with Gasteiger partial charge in [-0.15, -0.1) is 0 Å². The third-order valence-electron chi connectivity index (χ3n) is 3.10. The molecule has 3 aromatic rings. The first-order chi connectivity index (χ1) is 9.63. The third-order valence-corrected chi connectivity index (χ3v) is 3.74. The van der Waals surface area contributed by atoms with E-state index in [0.717, 1.165) is 32.3 Å². The number of halogens is 1. The summed E-state index contributed by atoms with van der Waals surface area (Å²) in [6, 6.07) is 11.7. The van der Waals surface area contributed by atoms with Gasteiger partial charge in [-0.3, -0.25) is 0 Å². The third kappa shape index (κ3) is 2.44. The van der Waals surface area contributed by atoms with Gasteiger partial charge in [0.05, 0.1) is 5.52 Å². The Morgan fingerprint density at radius 3 is 2.85 bits per heavy atom. The lowest BCUT2D eigenvalue weighted by molar-refractivity contribution is 1.21. The van der Waals surface area contributed by atoms with Gasteiger partial charge in [-0.05, 0) is 46.6 Å². The van der Waals surface area contributed by atoms with Gasteiger partial charge in [-0.1, -0.05) is 18.2 Å². The fourth-order valence-electron chi connectivity index (χ4n) is 1.93. The molecule has 1 aromatic heterocycles. The minimum Gasteiger partial charge on any atom is -0.398 e. The normalized spacial score (nSPS) is 10.7. The van der Waals surface area contributed by atoms with E-state index in [4.69, 9.17) is 5.73 Å². The number of nitrogen functional groups attached to an aromatic ring is 1. The average molecular weight is 329 g/mol. The Morgan fingerprint density at radius 1 is 1.20 bits per heavy atom. The molecular formula is C15H13BrN4. The maximum atomic E-state index is 5.90. The molecular weight excluding hydrogens is 316 g/mol. The lowest BCUT2D eigenvalue weighted by Crippen LogP contribution is -1.99. The van der Waals surface area contributed by atoms with Crippen molar-refractivity contribution >= 4 is 44.2 Å². The van der Waals surface area contributed by atoms with Crippen molar-refractivity contribution in [2.75, 3.05) is 11.1 Å². The van der Waals surface area contributed by atoms with E-state index in [1.165, 1.54) is 0 Å². The summed E-state index contributed by atoms with van der Waals surface area (Å²) in [5, 5.41) is 4.16. The first-order valence-corrected chi connectivity index (χ1v) is 6.97. The number of fused-ring (bicyclic) bond motifs is 1. The molecule has 4 nitrogen and oxygen atoms in total. The first-order valence-electron chi connectivity index (χ1n) is 6.18. The maximum Gasteiger partial charge on any atom is 0.227 e. The minimum absolute atomic E-state index is 0.549. The van der Waals surface area contributed by atoms with Crippen LogP contribution in [0.2, 0.25) is 0 Å². The average Bonchev–Trinajstić information content (AvgIpc) is 2.44. The largest absolute Gasteiger partial charge is 0.398 e. The van der Waals surface area contributed by atoms with Crippen molar-refractivity contribution in [3.63, 3.8) is 0 Å². The second kappa shape index (κ2) is 5.09. The second-order valence-electron chi connectivity index (χ2n) is 4.57. The van der Waals surface area contributed by atoms with Gasteiger partial charge in [-0.2, -0.15) is 0 Å². The quantitative estimate of drug-likeness (QED) is 0.697. The van der Waals surface area contributed by atoms with Crippen molar-refractivity contribution in [3.8, 4) is 0 Å². The van der Waals surface area contributed by atoms with Gasteiger partial charge in [0.1, 0.15) is 0 Å². The summed E-state index contributed by atoms with van der Waals surface area (Å²) in [5.74, 6) is 0.549. The minimum atomic E-state index is 0.549. The molecule has 0 saturated heterocycles. The molecule has 100 valence electrons. The molecule has 3 N–H and O–H groups in total. The van der Waals surface area contributed by atoms with Crippen LogP contribution in [0.1, 0.15) is 5.56 Å². The SMILES string of the molecule is Cc1ccc(Nc2ncc3cccc(Br)c3n2)cc1N. The number of nitrogens with one attached hydrogen (secondary N) is 1.